The van der Waals surface area contributed by atoms with Crippen molar-refractivity contribution in [1.29, 1.82) is 0 Å². The number of anilines is 2. The number of aliphatic hydroxyl groups excluding tert-OH is 2. The number of amides is 2. The van der Waals surface area contributed by atoms with Gasteiger partial charge in [-0.25, -0.2) is 0 Å². The predicted octanol–water partition coefficient (Wildman–Crippen LogP) is -0.954. The molecule has 0 saturated heterocycles. The summed E-state index contributed by atoms with van der Waals surface area (Å²) in [5, 5.41) is 47.3. The number of benzene rings is 1. The first-order valence-electron chi connectivity index (χ1n) is 11.9. The standard InChI is InChI=1S/C25H31N5O8/c1-29(2)8-14(31)28-13-7-12(26)10-5-9-6-11-18(30(3)4)21(34)17(24(27)37)23(36)25(11,38)22(35)15(9)20(33)16(10)19(13)32/h7,9,11,18,32-33,36,38H,5-6,8,26H2,1-4H3,(H2,27,37)(H,28,31)/t9?,11?,18-,25?/m0/s1. The van der Waals surface area contributed by atoms with Gasteiger partial charge in [0, 0.05) is 17.2 Å². The average Bonchev–Trinajstić information content (AvgIpc) is 2.78. The summed E-state index contributed by atoms with van der Waals surface area (Å²) >= 11 is 0. The fraction of sp³-hybridized carbons (Fsp3) is 0.440. The van der Waals surface area contributed by atoms with Crippen molar-refractivity contribution in [2.75, 3.05) is 45.8 Å². The second-order valence-electron chi connectivity index (χ2n) is 10.5. The van der Waals surface area contributed by atoms with E-state index in [9.17, 15) is 39.6 Å². The third kappa shape index (κ3) is 3.81. The van der Waals surface area contributed by atoms with Crippen molar-refractivity contribution in [3.05, 3.63) is 34.1 Å². The number of ketones is 2. The number of nitrogen functional groups attached to an aromatic ring is 1. The summed E-state index contributed by atoms with van der Waals surface area (Å²) < 4.78 is 0. The summed E-state index contributed by atoms with van der Waals surface area (Å²) in [6.45, 7) is -0.00193. The van der Waals surface area contributed by atoms with Crippen molar-refractivity contribution in [3.63, 3.8) is 0 Å². The fourth-order valence-corrected chi connectivity index (χ4v) is 5.91. The molecule has 0 radical (unpaired) electrons. The molecule has 38 heavy (non-hydrogen) atoms. The molecular weight excluding hydrogens is 498 g/mol. The van der Waals surface area contributed by atoms with Crippen molar-refractivity contribution in [2.24, 2.45) is 17.6 Å². The Morgan fingerprint density at radius 3 is 2.34 bits per heavy atom. The van der Waals surface area contributed by atoms with E-state index < -0.39 is 69.7 Å². The third-order valence-corrected chi connectivity index (χ3v) is 7.49. The van der Waals surface area contributed by atoms with Gasteiger partial charge in [-0.3, -0.25) is 24.1 Å². The largest absolute Gasteiger partial charge is 0.508 e. The summed E-state index contributed by atoms with van der Waals surface area (Å²) in [6.07, 6.45) is 0.00709. The molecule has 4 atom stereocenters. The van der Waals surface area contributed by atoms with Crippen LogP contribution in [0.2, 0.25) is 0 Å². The predicted molar refractivity (Wildman–Crippen MR) is 136 cm³/mol. The summed E-state index contributed by atoms with van der Waals surface area (Å²) in [4.78, 5) is 54.3. The first-order chi connectivity index (χ1) is 17.6. The Balaban J connectivity index is 1.90. The minimum Gasteiger partial charge on any atom is -0.508 e. The Hall–Kier alpha value is -3.94. The minimum absolute atomic E-state index is 0.00193. The molecule has 3 aliphatic rings. The van der Waals surface area contributed by atoms with Crippen LogP contribution in [-0.2, 0) is 25.6 Å². The van der Waals surface area contributed by atoms with Crippen molar-refractivity contribution in [2.45, 2.75) is 24.5 Å². The molecule has 1 saturated carbocycles. The van der Waals surface area contributed by atoms with Gasteiger partial charge in [-0.2, -0.15) is 0 Å². The summed E-state index contributed by atoms with van der Waals surface area (Å²) in [5.41, 5.74) is 7.81. The van der Waals surface area contributed by atoms with Gasteiger partial charge in [0.1, 0.15) is 22.8 Å². The lowest BCUT2D eigenvalue weighted by molar-refractivity contribution is -0.153. The van der Waals surface area contributed by atoms with Crippen LogP contribution in [0, 0.1) is 11.8 Å². The number of aromatic hydroxyl groups is 1. The SMILES string of the molecule is CN(C)CC(=O)Nc1cc(N)c2c(c1O)C(O)=C1C(=O)C3(O)C(O)=C(C(N)=O)C(=O)[C@@H](N(C)C)C3CC1C2. The molecule has 1 aromatic carbocycles. The molecule has 204 valence electrons. The highest BCUT2D eigenvalue weighted by molar-refractivity contribution is 6.24. The average molecular weight is 530 g/mol. The van der Waals surface area contributed by atoms with Gasteiger partial charge in [0.2, 0.25) is 11.7 Å². The van der Waals surface area contributed by atoms with Crippen molar-refractivity contribution >= 4 is 40.5 Å². The van der Waals surface area contributed by atoms with Crippen LogP contribution in [0.15, 0.2) is 23.0 Å². The number of phenols is 1. The van der Waals surface area contributed by atoms with Crippen molar-refractivity contribution in [3.8, 4) is 5.75 Å². The monoisotopic (exact) mass is 529 g/mol. The van der Waals surface area contributed by atoms with Crippen molar-refractivity contribution < 1.29 is 39.6 Å². The topological polar surface area (TPSA) is 220 Å². The maximum Gasteiger partial charge on any atom is 0.255 e. The van der Waals surface area contributed by atoms with Gasteiger partial charge in [0.25, 0.3) is 5.91 Å². The van der Waals surface area contributed by atoms with Crippen LogP contribution in [0.25, 0.3) is 5.76 Å². The van der Waals surface area contributed by atoms with E-state index in [1.54, 1.807) is 19.0 Å². The molecule has 4 rings (SSSR count). The van der Waals surface area contributed by atoms with Crippen LogP contribution in [-0.4, -0.2) is 100.0 Å². The Morgan fingerprint density at radius 2 is 1.79 bits per heavy atom. The Labute approximate surface area is 218 Å². The van der Waals surface area contributed by atoms with Gasteiger partial charge in [-0.05, 0) is 58.6 Å². The Bertz CT molecular complexity index is 1350. The van der Waals surface area contributed by atoms with E-state index in [4.69, 9.17) is 11.5 Å². The molecule has 13 nitrogen and oxygen atoms in total. The number of Topliss-reactive ketones (excluding diaryl/α,β-unsaturated/α-hetero) is 2. The first kappa shape index (κ1) is 27.1. The molecule has 0 aromatic heterocycles. The number of carbonyl (C=O) groups excluding carboxylic acids is 4. The van der Waals surface area contributed by atoms with Gasteiger partial charge in [0.15, 0.2) is 11.4 Å². The molecule has 0 heterocycles. The highest BCUT2D eigenvalue weighted by atomic mass is 16.3. The number of fused-ring (bicyclic) bond motifs is 3. The molecular formula is C25H31N5O8. The number of hydrogen-bond donors (Lipinski definition) is 7. The van der Waals surface area contributed by atoms with Crippen molar-refractivity contribution in [1.82, 2.24) is 9.80 Å². The zero-order valence-corrected chi connectivity index (χ0v) is 21.4. The van der Waals surface area contributed by atoms with E-state index in [0.717, 1.165) is 0 Å². The highest BCUT2D eigenvalue weighted by Crippen LogP contribution is 2.54. The van der Waals surface area contributed by atoms with E-state index in [-0.39, 0.29) is 41.9 Å². The Morgan fingerprint density at radius 1 is 1.16 bits per heavy atom. The summed E-state index contributed by atoms with van der Waals surface area (Å²) in [7, 11) is 6.40. The van der Waals surface area contributed by atoms with E-state index in [1.807, 2.05) is 0 Å². The third-order valence-electron chi connectivity index (χ3n) is 7.49. The molecule has 9 N–H and O–H groups in total. The van der Waals surface area contributed by atoms with Gasteiger partial charge in [-0.15, -0.1) is 0 Å². The van der Waals surface area contributed by atoms with Crippen LogP contribution < -0.4 is 16.8 Å². The van der Waals surface area contributed by atoms with Gasteiger partial charge in [0.05, 0.1) is 23.8 Å². The lowest BCUT2D eigenvalue weighted by atomic mass is 9.57. The van der Waals surface area contributed by atoms with E-state index >= 15 is 0 Å². The highest BCUT2D eigenvalue weighted by Gasteiger charge is 2.64. The smallest absolute Gasteiger partial charge is 0.255 e. The number of primary amides is 1. The number of aliphatic hydroxyl groups is 3. The fourth-order valence-electron chi connectivity index (χ4n) is 5.91. The molecule has 0 bridgehead atoms. The molecule has 1 fully saturated rings. The number of rotatable bonds is 5. The maximum absolute atomic E-state index is 13.8. The van der Waals surface area contributed by atoms with Gasteiger partial charge >= 0.3 is 0 Å². The molecule has 2 amide bonds. The molecule has 1 aromatic rings. The van der Waals surface area contributed by atoms with E-state index in [1.165, 1.54) is 25.1 Å². The van der Waals surface area contributed by atoms with E-state index in [0.29, 0.717) is 5.56 Å². The lowest BCUT2D eigenvalue weighted by Gasteiger charge is -2.50. The number of carbonyl (C=O) groups is 4. The molecule has 3 unspecified atom stereocenters. The van der Waals surface area contributed by atoms with Crippen LogP contribution in [0.1, 0.15) is 17.5 Å². The maximum atomic E-state index is 13.8. The number of phenolic OH excluding ortho intramolecular Hbond substituents is 1. The van der Waals surface area contributed by atoms with Crippen LogP contribution in [0.5, 0.6) is 5.75 Å². The molecule has 3 aliphatic carbocycles. The number of likely N-dealkylation sites (N-methyl/N-ethyl adjacent to an activating group) is 2. The second kappa shape index (κ2) is 9.11. The van der Waals surface area contributed by atoms with Crippen LogP contribution in [0.4, 0.5) is 11.4 Å². The number of nitrogens with zero attached hydrogens (tertiary/aromatic N) is 2. The Kier molecular flexibility index (Phi) is 6.50. The van der Waals surface area contributed by atoms with Gasteiger partial charge in [-0.1, -0.05) is 0 Å². The quantitative estimate of drug-likeness (QED) is 0.107. The number of nitrogens with one attached hydrogen (secondary N) is 1. The number of nitrogens with two attached hydrogens (primary N) is 2. The zero-order chi connectivity index (χ0) is 28.4. The minimum atomic E-state index is -2.73. The molecule has 0 spiro atoms. The number of hydrogen-bond acceptors (Lipinski definition) is 11. The first-order valence-corrected chi connectivity index (χ1v) is 11.9. The summed E-state index contributed by atoms with van der Waals surface area (Å²) in [5.74, 6) is -8.03. The second-order valence-corrected chi connectivity index (χ2v) is 10.5. The lowest BCUT2D eigenvalue weighted by Crippen LogP contribution is -2.65. The normalized spacial score (nSPS) is 26.9. The van der Waals surface area contributed by atoms with Crippen LogP contribution in [0.3, 0.4) is 0 Å². The zero-order valence-electron chi connectivity index (χ0n) is 21.4. The van der Waals surface area contributed by atoms with Crippen LogP contribution >= 0.6 is 0 Å². The molecule has 13 heteroatoms. The van der Waals surface area contributed by atoms with Gasteiger partial charge < -0.3 is 42.1 Å². The molecule has 0 aliphatic heterocycles. The summed E-state index contributed by atoms with van der Waals surface area (Å²) in [6, 6.07) is 0.175. The van der Waals surface area contributed by atoms with E-state index in [2.05, 4.69) is 5.32 Å².